The number of aliphatic hydroxyl groups is 1. The molecule has 2 aromatic carbocycles. The van der Waals surface area contributed by atoms with E-state index in [1.807, 2.05) is 24.3 Å². The molecule has 86 valence electrons. The molecule has 0 saturated carbocycles. The molecule has 2 rings (SSSR count). The first-order valence-corrected chi connectivity index (χ1v) is 5.36. The quantitative estimate of drug-likeness (QED) is 0.622. The van der Waals surface area contributed by atoms with Crippen molar-refractivity contribution < 1.29 is 9.90 Å². The number of anilines is 1. The number of carbonyl (C=O) groups is 1. The lowest BCUT2D eigenvalue weighted by Gasteiger charge is -2.12. The first kappa shape index (κ1) is 11.4. The zero-order valence-corrected chi connectivity index (χ0v) is 9.21. The van der Waals surface area contributed by atoms with Gasteiger partial charge in [-0.15, -0.1) is 0 Å². The topological polar surface area (TPSA) is 49.3 Å². The lowest BCUT2D eigenvalue weighted by atomic mass is 10.1. The normalized spacial score (nSPS) is 11.8. The fourth-order valence-electron chi connectivity index (χ4n) is 1.52. The summed E-state index contributed by atoms with van der Waals surface area (Å²) in [5, 5.41) is 12.5. The van der Waals surface area contributed by atoms with Gasteiger partial charge in [-0.1, -0.05) is 48.5 Å². The Labute approximate surface area is 99.7 Å². The third kappa shape index (κ3) is 2.92. The van der Waals surface area contributed by atoms with Crippen molar-refractivity contribution in [3.63, 3.8) is 0 Å². The summed E-state index contributed by atoms with van der Waals surface area (Å²) in [7, 11) is 0. The van der Waals surface area contributed by atoms with E-state index in [1.54, 1.807) is 36.4 Å². The molecule has 0 aromatic heterocycles. The van der Waals surface area contributed by atoms with Crippen LogP contribution in [-0.4, -0.2) is 17.1 Å². The van der Waals surface area contributed by atoms with Crippen LogP contribution in [0.1, 0.15) is 10.4 Å². The van der Waals surface area contributed by atoms with Crippen LogP contribution in [0.5, 0.6) is 0 Å². The Morgan fingerprint density at radius 1 is 0.941 bits per heavy atom. The molecule has 3 nitrogen and oxygen atoms in total. The summed E-state index contributed by atoms with van der Waals surface area (Å²) in [5.74, 6) is -0.338. The maximum Gasteiger partial charge on any atom is 0.211 e. The van der Waals surface area contributed by atoms with E-state index in [2.05, 4.69) is 5.32 Å². The third-order valence-corrected chi connectivity index (χ3v) is 2.38. The van der Waals surface area contributed by atoms with E-state index in [9.17, 15) is 9.90 Å². The summed E-state index contributed by atoms with van der Waals surface area (Å²) < 4.78 is 0. The second-order valence-corrected chi connectivity index (χ2v) is 3.64. The first-order valence-electron chi connectivity index (χ1n) is 5.36. The Morgan fingerprint density at radius 2 is 1.47 bits per heavy atom. The van der Waals surface area contributed by atoms with Crippen LogP contribution < -0.4 is 5.32 Å². The highest BCUT2D eigenvalue weighted by molar-refractivity contribution is 6.00. The van der Waals surface area contributed by atoms with Crippen LogP contribution in [-0.2, 0) is 0 Å². The molecule has 17 heavy (non-hydrogen) atoms. The predicted octanol–water partition coefficient (Wildman–Crippen LogP) is 2.30. The number of nitrogens with one attached hydrogen (secondary N) is 1. The van der Waals surface area contributed by atoms with Gasteiger partial charge in [0.1, 0.15) is 0 Å². The summed E-state index contributed by atoms with van der Waals surface area (Å²) >= 11 is 0. The van der Waals surface area contributed by atoms with Gasteiger partial charge >= 0.3 is 0 Å². The molecule has 0 bridgehead atoms. The van der Waals surface area contributed by atoms with E-state index < -0.39 is 6.23 Å². The van der Waals surface area contributed by atoms with Gasteiger partial charge in [-0.05, 0) is 12.1 Å². The van der Waals surface area contributed by atoms with Crippen LogP contribution in [0.25, 0.3) is 0 Å². The number of Topliss-reactive ketones (excluding diaryl/α,β-unsaturated/α-hetero) is 1. The molecule has 0 amide bonds. The second kappa shape index (κ2) is 5.27. The van der Waals surface area contributed by atoms with Gasteiger partial charge in [-0.25, -0.2) is 0 Å². The minimum absolute atomic E-state index is 0.338. The highest BCUT2D eigenvalue weighted by Crippen LogP contribution is 2.09. The SMILES string of the molecule is O=C(c1ccccc1)C(O)Nc1ccccc1. The zero-order valence-electron chi connectivity index (χ0n) is 9.21. The van der Waals surface area contributed by atoms with Gasteiger partial charge in [0.05, 0.1) is 0 Å². The second-order valence-electron chi connectivity index (χ2n) is 3.64. The van der Waals surface area contributed by atoms with Crippen LogP contribution in [0, 0.1) is 0 Å². The van der Waals surface area contributed by atoms with Gasteiger partial charge in [0.2, 0.25) is 5.78 Å². The van der Waals surface area contributed by atoms with Crippen LogP contribution in [0.3, 0.4) is 0 Å². The number of para-hydroxylation sites is 1. The molecule has 3 heteroatoms. The van der Waals surface area contributed by atoms with E-state index >= 15 is 0 Å². The molecule has 0 aliphatic carbocycles. The Kier molecular flexibility index (Phi) is 3.52. The average molecular weight is 227 g/mol. The number of rotatable bonds is 4. The molecule has 1 atom stereocenters. The lowest BCUT2D eigenvalue weighted by molar-refractivity contribution is 0.0793. The van der Waals surface area contributed by atoms with E-state index in [0.29, 0.717) is 11.3 Å². The molecule has 0 heterocycles. The third-order valence-electron chi connectivity index (χ3n) is 2.38. The lowest BCUT2D eigenvalue weighted by Crippen LogP contribution is -2.28. The minimum atomic E-state index is -1.22. The van der Waals surface area contributed by atoms with E-state index in [4.69, 9.17) is 0 Å². The van der Waals surface area contributed by atoms with Gasteiger partial charge in [0, 0.05) is 11.3 Å². The molecule has 0 radical (unpaired) electrons. The largest absolute Gasteiger partial charge is 0.367 e. The summed E-state index contributed by atoms with van der Waals surface area (Å²) in [6.45, 7) is 0. The molecular formula is C14H13NO2. The molecule has 0 saturated heterocycles. The van der Waals surface area contributed by atoms with Crippen molar-refractivity contribution in [3.05, 3.63) is 66.2 Å². The molecule has 0 aliphatic rings. The van der Waals surface area contributed by atoms with Crippen molar-refractivity contribution >= 4 is 11.5 Å². The average Bonchev–Trinajstić information content (AvgIpc) is 2.40. The van der Waals surface area contributed by atoms with Gasteiger partial charge in [-0.3, -0.25) is 4.79 Å². The monoisotopic (exact) mass is 227 g/mol. The Hall–Kier alpha value is -2.13. The van der Waals surface area contributed by atoms with Crippen LogP contribution >= 0.6 is 0 Å². The van der Waals surface area contributed by atoms with Gasteiger partial charge < -0.3 is 10.4 Å². The first-order chi connectivity index (χ1) is 8.27. The molecule has 0 fully saturated rings. The van der Waals surface area contributed by atoms with Gasteiger partial charge in [0.25, 0.3) is 0 Å². The molecule has 2 N–H and O–H groups in total. The predicted molar refractivity (Wildman–Crippen MR) is 66.8 cm³/mol. The van der Waals surface area contributed by atoms with Crippen molar-refractivity contribution in [2.45, 2.75) is 6.23 Å². The maximum absolute atomic E-state index is 11.8. The molecule has 0 aliphatic heterocycles. The van der Waals surface area contributed by atoms with E-state index in [1.165, 1.54) is 0 Å². The van der Waals surface area contributed by atoms with Crippen molar-refractivity contribution in [3.8, 4) is 0 Å². The van der Waals surface area contributed by atoms with Crippen LogP contribution in [0.15, 0.2) is 60.7 Å². The number of hydrogen-bond acceptors (Lipinski definition) is 3. The number of aliphatic hydroxyl groups excluding tert-OH is 1. The van der Waals surface area contributed by atoms with E-state index in [0.717, 1.165) is 0 Å². The molecule has 0 spiro atoms. The van der Waals surface area contributed by atoms with Crippen LogP contribution in [0.2, 0.25) is 0 Å². The Balaban J connectivity index is 2.06. The minimum Gasteiger partial charge on any atom is -0.367 e. The number of hydrogen-bond donors (Lipinski definition) is 2. The Bertz CT molecular complexity index is 482. The van der Waals surface area contributed by atoms with Crippen molar-refractivity contribution in [2.75, 3.05) is 5.32 Å². The molecule has 1 unspecified atom stereocenters. The highest BCUT2D eigenvalue weighted by atomic mass is 16.3. The smallest absolute Gasteiger partial charge is 0.211 e. The molecular weight excluding hydrogens is 214 g/mol. The maximum atomic E-state index is 11.8. The van der Waals surface area contributed by atoms with Crippen molar-refractivity contribution in [2.24, 2.45) is 0 Å². The summed E-state index contributed by atoms with van der Waals surface area (Å²) in [5.41, 5.74) is 1.20. The van der Waals surface area contributed by atoms with Crippen molar-refractivity contribution in [1.29, 1.82) is 0 Å². The zero-order chi connectivity index (χ0) is 12.1. The number of carbonyl (C=O) groups excluding carboxylic acids is 1. The summed E-state index contributed by atoms with van der Waals surface area (Å²) in [4.78, 5) is 11.8. The summed E-state index contributed by atoms with van der Waals surface area (Å²) in [6, 6.07) is 17.8. The molecule has 2 aromatic rings. The fraction of sp³-hybridized carbons (Fsp3) is 0.0714. The Morgan fingerprint density at radius 3 is 2.06 bits per heavy atom. The summed E-state index contributed by atoms with van der Waals surface area (Å²) in [6.07, 6.45) is -1.22. The van der Waals surface area contributed by atoms with Gasteiger partial charge in [-0.2, -0.15) is 0 Å². The van der Waals surface area contributed by atoms with Gasteiger partial charge in [0.15, 0.2) is 6.23 Å². The fourth-order valence-corrected chi connectivity index (χ4v) is 1.52. The van der Waals surface area contributed by atoms with Crippen LogP contribution in [0.4, 0.5) is 5.69 Å². The highest BCUT2D eigenvalue weighted by Gasteiger charge is 2.16. The number of benzene rings is 2. The number of ketones is 1. The van der Waals surface area contributed by atoms with Crippen molar-refractivity contribution in [1.82, 2.24) is 0 Å². The standard InChI is InChI=1S/C14H13NO2/c16-13(11-7-3-1-4-8-11)14(17)15-12-9-5-2-6-10-12/h1-10,14-15,17H. The van der Waals surface area contributed by atoms with E-state index in [-0.39, 0.29) is 5.78 Å².